The lowest BCUT2D eigenvalue weighted by Crippen LogP contribution is -2.32. The molecule has 0 unspecified atom stereocenters. The van der Waals surface area contributed by atoms with Gasteiger partial charge >= 0.3 is 0 Å². The Labute approximate surface area is 177 Å². The van der Waals surface area contributed by atoms with Crippen molar-refractivity contribution in [3.63, 3.8) is 0 Å². The van der Waals surface area contributed by atoms with Crippen LogP contribution < -0.4 is 10.5 Å². The van der Waals surface area contributed by atoms with Gasteiger partial charge in [-0.1, -0.05) is 37.3 Å². The van der Waals surface area contributed by atoms with Crippen LogP contribution in [0.2, 0.25) is 0 Å². The molecule has 0 spiro atoms. The molecule has 0 saturated carbocycles. The Bertz CT molecular complexity index is 1360. The first-order chi connectivity index (χ1) is 15.0. The zero-order chi connectivity index (χ0) is 21.7. The van der Waals surface area contributed by atoms with Gasteiger partial charge in [-0.3, -0.25) is 19.5 Å². The molecule has 2 N–H and O–H groups in total. The molecule has 1 aliphatic rings. The minimum atomic E-state index is -0.827. The van der Waals surface area contributed by atoms with Crippen LogP contribution in [0, 0.1) is 6.92 Å². The van der Waals surface area contributed by atoms with Crippen molar-refractivity contribution in [2.75, 3.05) is 4.90 Å². The summed E-state index contributed by atoms with van der Waals surface area (Å²) in [5, 5.41) is 3.01. The maximum Gasteiger partial charge on any atom is 0.278 e. The van der Waals surface area contributed by atoms with Gasteiger partial charge in [-0.15, -0.1) is 0 Å². The van der Waals surface area contributed by atoms with E-state index in [4.69, 9.17) is 0 Å². The molecule has 31 heavy (non-hydrogen) atoms. The van der Waals surface area contributed by atoms with Crippen LogP contribution in [0.3, 0.4) is 0 Å². The second-order valence-corrected chi connectivity index (χ2v) is 7.67. The van der Waals surface area contributed by atoms with Crippen molar-refractivity contribution < 1.29 is 9.59 Å². The van der Waals surface area contributed by atoms with Crippen molar-refractivity contribution in [2.45, 2.75) is 32.6 Å². The Kier molecular flexibility index (Phi) is 4.35. The molecule has 156 valence electrons. The third-order valence-electron chi connectivity index (χ3n) is 5.81. The van der Waals surface area contributed by atoms with Crippen molar-refractivity contribution in [2.24, 2.45) is 0 Å². The summed E-state index contributed by atoms with van der Waals surface area (Å²) in [6.45, 7) is 3.71. The molecule has 2 aromatic heterocycles. The number of hydrogen-bond acceptors (Lipinski definition) is 4. The van der Waals surface area contributed by atoms with E-state index in [2.05, 4.69) is 15.1 Å². The fraction of sp³-hybridized carbons (Fsp3) is 0.217. The Morgan fingerprint density at radius 3 is 2.58 bits per heavy atom. The fourth-order valence-corrected chi connectivity index (χ4v) is 4.30. The molecule has 3 heterocycles. The third-order valence-corrected chi connectivity index (χ3v) is 5.81. The minimum Gasteiger partial charge on any atom is -0.322 e. The molecule has 1 atom stereocenters. The van der Waals surface area contributed by atoms with Gasteiger partial charge in [-0.25, -0.2) is 9.88 Å². The lowest BCUT2D eigenvalue weighted by molar-refractivity contribution is -0.121. The zero-order valence-corrected chi connectivity index (χ0v) is 17.2. The number of amides is 2. The predicted molar refractivity (Wildman–Crippen MR) is 116 cm³/mol. The number of rotatable bonds is 4. The third kappa shape index (κ3) is 2.91. The Hall–Kier alpha value is -3.94. The topological polar surface area (TPSA) is 104 Å². The van der Waals surface area contributed by atoms with Crippen LogP contribution in [0.5, 0.6) is 0 Å². The molecule has 1 aliphatic heterocycles. The average molecular weight is 415 g/mol. The van der Waals surface area contributed by atoms with Gasteiger partial charge in [0.2, 0.25) is 17.8 Å². The first-order valence-corrected chi connectivity index (χ1v) is 10.2. The number of benzene rings is 2. The van der Waals surface area contributed by atoms with Gasteiger partial charge in [-0.2, -0.15) is 4.68 Å². The van der Waals surface area contributed by atoms with E-state index in [0.29, 0.717) is 29.3 Å². The standard InChI is InChI=1S/C23H21N5O3/c1-3-14-8-4-7-11-18(14)27-19(29)12-15(21(27)30)20-13(2)26-28(22(20)31)23-24-16-9-5-6-10-17(16)25-23/h4-11,15,26H,3,12H2,1-2H3,(H,24,25)/t15-/m0/s1. The van der Waals surface area contributed by atoms with E-state index >= 15 is 0 Å². The first kappa shape index (κ1) is 19.0. The maximum atomic E-state index is 13.3. The quantitative estimate of drug-likeness (QED) is 0.500. The van der Waals surface area contributed by atoms with Crippen molar-refractivity contribution in [3.05, 3.63) is 75.7 Å². The summed E-state index contributed by atoms with van der Waals surface area (Å²) >= 11 is 0. The van der Waals surface area contributed by atoms with E-state index in [-0.39, 0.29) is 23.8 Å². The molecule has 2 aromatic carbocycles. The summed E-state index contributed by atoms with van der Waals surface area (Å²) in [6.07, 6.45) is 0.658. The molecule has 5 rings (SSSR count). The molecule has 0 bridgehead atoms. The van der Waals surface area contributed by atoms with Crippen LogP contribution in [0.4, 0.5) is 5.69 Å². The van der Waals surface area contributed by atoms with Crippen LogP contribution in [-0.4, -0.2) is 31.6 Å². The van der Waals surface area contributed by atoms with Crippen LogP contribution in [0.15, 0.2) is 53.3 Å². The van der Waals surface area contributed by atoms with Crippen LogP contribution >= 0.6 is 0 Å². The van der Waals surface area contributed by atoms with E-state index in [1.165, 1.54) is 9.58 Å². The summed E-state index contributed by atoms with van der Waals surface area (Å²) in [7, 11) is 0. The molecule has 1 fully saturated rings. The monoisotopic (exact) mass is 415 g/mol. The van der Waals surface area contributed by atoms with E-state index in [0.717, 1.165) is 16.6 Å². The van der Waals surface area contributed by atoms with Crippen LogP contribution in [-0.2, 0) is 16.0 Å². The summed E-state index contributed by atoms with van der Waals surface area (Å²) in [4.78, 5) is 48.2. The molecule has 2 amide bonds. The molecular weight excluding hydrogens is 394 g/mol. The number of carbonyl (C=O) groups excluding carboxylic acids is 2. The predicted octanol–water partition coefficient (Wildman–Crippen LogP) is 2.96. The SMILES string of the molecule is CCc1ccccc1N1C(=O)C[C@@H](c2c(C)[nH]n(-c3nc4ccccc4[nH]3)c2=O)C1=O. The van der Waals surface area contributed by atoms with Gasteiger partial charge in [0.1, 0.15) is 0 Å². The Balaban J connectivity index is 1.56. The normalized spacial score (nSPS) is 16.6. The smallest absolute Gasteiger partial charge is 0.278 e. The molecule has 8 nitrogen and oxygen atoms in total. The van der Waals surface area contributed by atoms with E-state index in [1.807, 2.05) is 43.3 Å². The molecule has 0 radical (unpaired) electrons. The van der Waals surface area contributed by atoms with Crippen LogP contribution in [0.1, 0.15) is 36.1 Å². The molecule has 4 aromatic rings. The lowest BCUT2D eigenvalue weighted by Gasteiger charge is -2.18. The minimum absolute atomic E-state index is 0.0368. The largest absolute Gasteiger partial charge is 0.322 e. The summed E-state index contributed by atoms with van der Waals surface area (Å²) in [5.74, 6) is -1.16. The summed E-state index contributed by atoms with van der Waals surface area (Å²) < 4.78 is 1.30. The summed E-state index contributed by atoms with van der Waals surface area (Å²) in [6, 6.07) is 14.8. The van der Waals surface area contributed by atoms with Gasteiger partial charge in [0.05, 0.1) is 28.2 Å². The Morgan fingerprint density at radius 1 is 1.06 bits per heavy atom. The van der Waals surface area contributed by atoms with Crippen molar-refractivity contribution in [1.82, 2.24) is 19.7 Å². The number of hydrogen-bond donors (Lipinski definition) is 2. The van der Waals surface area contributed by atoms with Gasteiger partial charge in [-0.05, 0) is 37.1 Å². The van der Waals surface area contributed by atoms with Gasteiger partial charge in [0.15, 0.2) is 0 Å². The highest BCUT2D eigenvalue weighted by Crippen LogP contribution is 2.34. The van der Waals surface area contributed by atoms with E-state index in [9.17, 15) is 14.4 Å². The van der Waals surface area contributed by atoms with Crippen molar-refractivity contribution in [3.8, 4) is 5.95 Å². The highest BCUT2D eigenvalue weighted by atomic mass is 16.2. The molecule has 0 aliphatic carbocycles. The highest BCUT2D eigenvalue weighted by molar-refractivity contribution is 6.23. The summed E-state index contributed by atoms with van der Waals surface area (Å²) in [5.41, 5.74) is 3.50. The van der Waals surface area contributed by atoms with Gasteiger partial charge < -0.3 is 4.98 Å². The van der Waals surface area contributed by atoms with Crippen molar-refractivity contribution >= 4 is 28.5 Å². The number of nitrogens with zero attached hydrogens (tertiary/aromatic N) is 3. The number of aromatic amines is 2. The number of nitrogens with one attached hydrogen (secondary N) is 2. The average Bonchev–Trinajstić information content (AvgIpc) is 3.41. The second kappa shape index (κ2) is 7.09. The van der Waals surface area contributed by atoms with Crippen molar-refractivity contribution in [1.29, 1.82) is 0 Å². The number of imidazole rings is 1. The second-order valence-electron chi connectivity index (χ2n) is 7.67. The number of fused-ring (bicyclic) bond motifs is 1. The number of anilines is 1. The number of carbonyl (C=O) groups is 2. The maximum absolute atomic E-state index is 13.3. The number of aromatic nitrogens is 4. The molecule has 1 saturated heterocycles. The number of H-pyrrole nitrogens is 2. The molecular formula is C23H21N5O3. The van der Waals surface area contributed by atoms with E-state index in [1.54, 1.807) is 19.1 Å². The number of para-hydroxylation sites is 3. The fourth-order valence-electron chi connectivity index (χ4n) is 4.30. The Morgan fingerprint density at radius 2 is 1.81 bits per heavy atom. The van der Waals surface area contributed by atoms with E-state index < -0.39 is 5.92 Å². The zero-order valence-electron chi connectivity index (χ0n) is 17.2. The lowest BCUT2D eigenvalue weighted by atomic mass is 9.98. The van der Waals surface area contributed by atoms with Gasteiger partial charge in [0, 0.05) is 12.1 Å². The molecule has 8 heteroatoms. The first-order valence-electron chi connectivity index (χ1n) is 10.2. The highest BCUT2D eigenvalue weighted by Gasteiger charge is 2.43. The van der Waals surface area contributed by atoms with Gasteiger partial charge in [0.25, 0.3) is 5.56 Å². The number of imide groups is 1. The number of aryl methyl sites for hydroxylation is 2. The van der Waals surface area contributed by atoms with Crippen LogP contribution in [0.25, 0.3) is 17.0 Å².